The van der Waals surface area contributed by atoms with E-state index in [9.17, 15) is 14.4 Å². The van der Waals surface area contributed by atoms with Crippen molar-refractivity contribution in [1.29, 1.82) is 0 Å². The molecule has 1 fully saturated rings. The molecule has 24 heavy (non-hydrogen) atoms. The molecule has 1 atom stereocenters. The van der Waals surface area contributed by atoms with Crippen LogP contribution in [0.1, 0.15) is 0 Å². The van der Waals surface area contributed by atoms with Gasteiger partial charge >= 0.3 is 6.47 Å². The van der Waals surface area contributed by atoms with Crippen molar-refractivity contribution in [1.82, 2.24) is 14.5 Å². The van der Waals surface area contributed by atoms with Gasteiger partial charge in [0.2, 0.25) is 11.8 Å². The molecule has 7 nitrogen and oxygen atoms in total. The minimum absolute atomic E-state index is 0.181. The minimum Gasteiger partial charge on any atom is -0.377 e. The third-order valence-electron chi connectivity index (χ3n) is 3.36. The van der Waals surface area contributed by atoms with Crippen LogP contribution in [0.15, 0.2) is 49.6 Å². The Morgan fingerprint density at radius 1 is 1.25 bits per heavy atom. The number of carbonyl (C=O) groups is 3. The highest BCUT2D eigenvalue weighted by molar-refractivity contribution is 7.92. The highest BCUT2D eigenvalue weighted by Gasteiger charge is 2.35. The fraction of sp³-hybridized carbons (Fsp3) is 0.312. The molecule has 0 radical (unpaired) electrons. The van der Waals surface area contributed by atoms with Crippen LogP contribution in [0.5, 0.6) is 0 Å². The second kappa shape index (κ2) is 10.5. The van der Waals surface area contributed by atoms with Crippen LogP contribution >= 0.6 is 12.2 Å². The summed E-state index contributed by atoms with van der Waals surface area (Å²) in [5.74, 6) is -0.525. The smallest absolute Gasteiger partial charge is 0.306 e. The van der Waals surface area contributed by atoms with Crippen molar-refractivity contribution in [2.45, 2.75) is 6.04 Å². The monoisotopic (exact) mass is 351 g/mol. The lowest BCUT2D eigenvalue weighted by molar-refractivity contribution is -0.132. The van der Waals surface area contributed by atoms with Crippen LogP contribution in [-0.4, -0.2) is 59.7 Å². The number of hydrogen-bond acceptors (Lipinski definition) is 6. The van der Waals surface area contributed by atoms with E-state index in [2.05, 4.69) is 29.2 Å². The van der Waals surface area contributed by atoms with Gasteiger partial charge < -0.3 is 14.4 Å². The van der Waals surface area contributed by atoms with E-state index in [4.69, 9.17) is 0 Å². The maximum Gasteiger partial charge on any atom is 0.306 e. The van der Waals surface area contributed by atoms with Gasteiger partial charge in [0, 0.05) is 26.2 Å². The average molecular weight is 351 g/mol. The SMILES string of the molecule is C=C/C=C(\C=C)CNC(=O)C1CN(C(=O)C=C)CCN1SOC=O. The van der Waals surface area contributed by atoms with E-state index in [-0.39, 0.29) is 24.9 Å². The van der Waals surface area contributed by atoms with Crippen molar-refractivity contribution >= 4 is 30.5 Å². The van der Waals surface area contributed by atoms with E-state index in [1.807, 2.05) is 0 Å². The molecule has 0 aliphatic carbocycles. The first-order valence-electron chi connectivity index (χ1n) is 7.24. The predicted molar refractivity (Wildman–Crippen MR) is 93.5 cm³/mol. The maximum absolute atomic E-state index is 12.5. The zero-order valence-electron chi connectivity index (χ0n) is 13.3. The van der Waals surface area contributed by atoms with Crippen molar-refractivity contribution < 1.29 is 18.6 Å². The molecule has 130 valence electrons. The van der Waals surface area contributed by atoms with E-state index in [0.29, 0.717) is 19.6 Å². The predicted octanol–water partition coefficient (Wildman–Crippen LogP) is 0.836. The first-order chi connectivity index (χ1) is 11.6. The topological polar surface area (TPSA) is 79.0 Å². The summed E-state index contributed by atoms with van der Waals surface area (Å²) in [6, 6.07) is -0.651. The van der Waals surface area contributed by atoms with E-state index < -0.39 is 6.04 Å². The Balaban J connectivity index is 2.78. The number of nitrogens with one attached hydrogen (secondary N) is 1. The molecule has 0 aromatic heterocycles. The molecule has 1 unspecified atom stereocenters. The van der Waals surface area contributed by atoms with Gasteiger partial charge in [-0.3, -0.25) is 14.4 Å². The van der Waals surface area contributed by atoms with Gasteiger partial charge in [-0.15, -0.1) is 0 Å². The van der Waals surface area contributed by atoms with Crippen LogP contribution in [-0.2, 0) is 18.6 Å². The van der Waals surface area contributed by atoms with E-state index in [1.165, 1.54) is 11.0 Å². The molecule has 1 saturated heterocycles. The Hall–Kier alpha value is -2.32. The summed E-state index contributed by atoms with van der Waals surface area (Å²) in [7, 11) is 0. The number of rotatable bonds is 9. The number of carbonyl (C=O) groups excluding carboxylic acids is 3. The van der Waals surface area contributed by atoms with Crippen LogP contribution < -0.4 is 5.32 Å². The summed E-state index contributed by atoms with van der Waals surface area (Å²) in [5, 5.41) is 2.78. The second-order valence-electron chi connectivity index (χ2n) is 4.81. The molecular weight excluding hydrogens is 330 g/mol. The molecule has 0 aromatic rings. The summed E-state index contributed by atoms with van der Waals surface area (Å²) in [6.07, 6.45) is 6.18. The number of hydrogen-bond donors (Lipinski definition) is 1. The van der Waals surface area contributed by atoms with Gasteiger partial charge in [-0.25, -0.2) is 0 Å². The molecule has 8 heteroatoms. The van der Waals surface area contributed by atoms with Gasteiger partial charge in [0.1, 0.15) is 6.04 Å². The molecule has 1 heterocycles. The molecular formula is C16H21N3O4S. The highest BCUT2D eigenvalue weighted by atomic mass is 32.2. The van der Waals surface area contributed by atoms with E-state index in [0.717, 1.165) is 17.8 Å². The molecule has 2 amide bonds. The molecule has 0 saturated carbocycles. The zero-order valence-corrected chi connectivity index (χ0v) is 14.2. The number of nitrogens with zero attached hydrogens (tertiary/aromatic N) is 2. The van der Waals surface area contributed by atoms with E-state index in [1.54, 1.807) is 22.5 Å². The van der Waals surface area contributed by atoms with Crippen molar-refractivity contribution in [3.05, 3.63) is 49.6 Å². The van der Waals surface area contributed by atoms with Gasteiger partial charge in [0.25, 0.3) is 0 Å². The quantitative estimate of drug-likeness (QED) is 0.218. The first-order valence-corrected chi connectivity index (χ1v) is 7.94. The Morgan fingerprint density at radius 2 is 2.00 bits per heavy atom. The largest absolute Gasteiger partial charge is 0.377 e. The van der Waals surface area contributed by atoms with Crippen molar-refractivity contribution in [2.75, 3.05) is 26.2 Å². The number of piperazine rings is 1. The molecule has 1 N–H and O–H groups in total. The second-order valence-corrected chi connectivity index (χ2v) is 5.62. The summed E-state index contributed by atoms with van der Waals surface area (Å²) in [5.41, 5.74) is 0.802. The maximum atomic E-state index is 12.5. The Bertz CT molecular complexity index is 547. The molecule has 0 spiro atoms. The fourth-order valence-corrected chi connectivity index (χ4v) is 2.70. The van der Waals surface area contributed by atoms with Crippen LogP contribution in [0.25, 0.3) is 0 Å². The minimum atomic E-state index is -0.651. The van der Waals surface area contributed by atoms with Gasteiger partial charge in [0.05, 0.1) is 0 Å². The third-order valence-corrected chi connectivity index (χ3v) is 4.15. The molecule has 0 aromatic carbocycles. The normalized spacial score (nSPS) is 18.4. The third kappa shape index (κ3) is 5.71. The summed E-state index contributed by atoms with van der Waals surface area (Å²) in [6.45, 7) is 12.3. The van der Waals surface area contributed by atoms with Gasteiger partial charge in [-0.2, -0.15) is 4.31 Å². The lowest BCUT2D eigenvalue weighted by Gasteiger charge is -2.37. The van der Waals surface area contributed by atoms with Crippen molar-refractivity contribution in [3.63, 3.8) is 0 Å². The highest BCUT2D eigenvalue weighted by Crippen LogP contribution is 2.20. The van der Waals surface area contributed by atoms with Crippen LogP contribution in [0, 0.1) is 0 Å². The fourth-order valence-electron chi connectivity index (χ4n) is 2.13. The lowest BCUT2D eigenvalue weighted by atomic mass is 10.1. The number of amides is 2. The standard InChI is InChI=1S/C16H21N3O4S/c1-4-7-13(5-2)10-17-16(22)14-11-18(15(21)6-3)8-9-19(14)24-23-12-20/h4-7,12,14H,1-3,8-11H2,(H,17,22)/b13-7+. The first kappa shape index (κ1) is 19.7. The summed E-state index contributed by atoms with van der Waals surface area (Å²) in [4.78, 5) is 36.2. The molecule has 1 aliphatic heterocycles. The average Bonchev–Trinajstić information content (AvgIpc) is 2.62. The zero-order chi connectivity index (χ0) is 17.9. The Kier molecular flexibility index (Phi) is 8.59. The van der Waals surface area contributed by atoms with Gasteiger partial charge in [-0.1, -0.05) is 38.0 Å². The van der Waals surface area contributed by atoms with Crippen LogP contribution in [0.2, 0.25) is 0 Å². The molecule has 1 aliphatic rings. The Morgan fingerprint density at radius 3 is 2.58 bits per heavy atom. The lowest BCUT2D eigenvalue weighted by Crippen LogP contribution is -2.57. The van der Waals surface area contributed by atoms with Crippen molar-refractivity contribution in [3.8, 4) is 0 Å². The van der Waals surface area contributed by atoms with Gasteiger partial charge in [-0.05, 0) is 11.6 Å². The van der Waals surface area contributed by atoms with E-state index >= 15 is 0 Å². The summed E-state index contributed by atoms with van der Waals surface area (Å²) < 4.78 is 6.30. The molecule has 1 rings (SSSR count). The van der Waals surface area contributed by atoms with Crippen LogP contribution in [0.4, 0.5) is 0 Å². The summed E-state index contributed by atoms with van der Waals surface area (Å²) >= 11 is 0.795. The number of allylic oxidation sites excluding steroid dienone is 2. The molecule has 0 bridgehead atoms. The van der Waals surface area contributed by atoms with Crippen molar-refractivity contribution in [2.24, 2.45) is 0 Å². The van der Waals surface area contributed by atoms with Crippen LogP contribution in [0.3, 0.4) is 0 Å². The Labute approximate surface area is 146 Å². The van der Waals surface area contributed by atoms with Gasteiger partial charge in [0.15, 0.2) is 12.2 Å².